The standard InChI is InChI=1S/C24H27ClN4O8/c1-27-7-12(30)28-16-11(25)6-9-4-8-5-10-17(29(2)3)20(33)15(23(26)36)22(35)24(10,37)21(34)14(8)18(31)13(9)19(16)32/h6,8,10,17,27,31-32,35,37H,4-5,7H2,1-3H3,(H2,26,36)(H,28,30)/t8?,10?,17-,24?/m0/s1. The fourth-order valence-electron chi connectivity index (χ4n) is 5.73. The van der Waals surface area contributed by atoms with E-state index in [1.165, 1.54) is 25.1 Å². The van der Waals surface area contributed by atoms with E-state index >= 15 is 0 Å². The van der Waals surface area contributed by atoms with Gasteiger partial charge >= 0.3 is 0 Å². The van der Waals surface area contributed by atoms with Gasteiger partial charge in [0.05, 0.1) is 23.2 Å². The maximum Gasteiger partial charge on any atom is 0.255 e. The highest BCUT2D eigenvalue weighted by Crippen LogP contribution is 2.53. The summed E-state index contributed by atoms with van der Waals surface area (Å²) in [4.78, 5) is 52.4. The second-order valence-electron chi connectivity index (χ2n) is 9.66. The van der Waals surface area contributed by atoms with Gasteiger partial charge in [0.25, 0.3) is 5.91 Å². The van der Waals surface area contributed by atoms with Gasteiger partial charge < -0.3 is 36.8 Å². The summed E-state index contributed by atoms with van der Waals surface area (Å²) < 4.78 is 0. The average molecular weight is 535 g/mol. The van der Waals surface area contributed by atoms with Crippen LogP contribution >= 0.6 is 11.6 Å². The fraction of sp³-hybridized carbons (Fsp3) is 0.417. The van der Waals surface area contributed by atoms with Crippen LogP contribution in [0.4, 0.5) is 5.69 Å². The monoisotopic (exact) mass is 534 g/mol. The molecule has 0 saturated heterocycles. The molecule has 13 heteroatoms. The molecule has 12 nitrogen and oxygen atoms in total. The lowest BCUT2D eigenvalue weighted by Crippen LogP contribution is -2.65. The molecule has 0 spiro atoms. The SMILES string of the molecule is CNCC(=O)Nc1c(Cl)cc2c(c1O)C(O)=C1C(=O)C3(O)C(O)=C(C(N)=O)C(=O)[C@@H](N(C)C)C3CC1C2. The molecule has 0 radical (unpaired) electrons. The van der Waals surface area contributed by atoms with E-state index in [0.29, 0.717) is 5.56 Å². The number of aromatic hydroxyl groups is 1. The molecular formula is C24H27ClN4O8. The van der Waals surface area contributed by atoms with Gasteiger partial charge in [-0.05, 0) is 51.5 Å². The van der Waals surface area contributed by atoms with Crippen LogP contribution in [0, 0.1) is 11.8 Å². The van der Waals surface area contributed by atoms with Gasteiger partial charge in [-0.1, -0.05) is 11.6 Å². The number of nitrogens with one attached hydrogen (secondary N) is 2. The maximum absolute atomic E-state index is 13.8. The molecule has 4 atom stereocenters. The number of primary amides is 1. The number of rotatable bonds is 5. The van der Waals surface area contributed by atoms with Crippen molar-refractivity contribution in [2.24, 2.45) is 17.6 Å². The number of phenols is 1. The molecule has 0 aliphatic heterocycles. The lowest BCUT2D eigenvalue weighted by Gasteiger charge is -2.50. The molecule has 1 aromatic carbocycles. The first-order chi connectivity index (χ1) is 17.3. The zero-order chi connectivity index (χ0) is 27.6. The Kier molecular flexibility index (Phi) is 6.57. The summed E-state index contributed by atoms with van der Waals surface area (Å²) in [5.74, 6) is -8.09. The summed E-state index contributed by atoms with van der Waals surface area (Å²) in [5, 5.41) is 49.7. The van der Waals surface area contributed by atoms with Crippen LogP contribution in [0.5, 0.6) is 5.75 Å². The van der Waals surface area contributed by atoms with Crippen LogP contribution in [0.3, 0.4) is 0 Å². The van der Waals surface area contributed by atoms with E-state index in [0.717, 1.165) is 0 Å². The van der Waals surface area contributed by atoms with Crippen LogP contribution in [0.2, 0.25) is 5.02 Å². The number of amides is 2. The molecule has 8 N–H and O–H groups in total. The summed E-state index contributed by atoms with van der Waals surface area (Å²) in [6, 6.07) is 0.279. The Balaban J connectivity index is 1.91. The number of carbonyl (C=O) groups is 4. The first-order valence-electron chi connectivity index (χ1n) is 11.4. The Labute approximate surface area is 216 Å². The maximum atomic E-state index is 13.8. The smallest absolute Gasteiger partial charge is 0.255 e. The van der Waals surface area contributed by atoms with Crippen LogP contribution in [-0.4, -0.2) is 88.0 Å². The highest BCUT2D eigenvalue weighted by Gasteiger charge is 2.64. The number of anilines is 1. The second kappa shape index (κ2) is 9.14. The summed E-state index contributed by atoms with van der Waals surface area (Å²) in [7, 11) is 4.59. The molecule has 4 rings (SSSR count). The fourth-order valence-corrected chi connectivity index (χ4v) is 6.00. The van der Waals surface area contributed by atoms with Crippen molar-refractivity contribution in [1.29, 1.82) is 0 Å². The summed E-state index contributed by atoms with van der Waals surface area (Å²) >= 11 is 6.31. The van der Waals surface area contributed by atoms with E-state index in [-0.39, 0.29) is 41.2 Å². The van der Waals surface area contributed by atoms with E-state index in [1.54, 1.807) is 7.05 Å². The molecule has 2 amide bonds. The van der Waals surface area contributed by atoms with Gasteiger partial charge in [-0.15, -0.1) is 0 Å². The molecule has 0 heterocycles. The van der Waals surface area contributed by atoms with Gasteiger partial charge in [0.15, 0.2) is 17.1 Å². The number of nitrogens with two attached hydrogens (primary N) is 1. The minimum absolute atomic E-state index is 0.00119. The number of likely N-dealkylation sites (N-methyl/N-ethyl adjacent to an activating group) is 2. The van der Waals surface area contributed by atoms with Crippen molar-refractivity contribution in [3.05, 3.63) is 39.1 Å². The van der Waals surface area contributed by atoms with Gasteiger partial charge in [-0.2, -0.15) is 0 Å². The van der Waals surface area contributed by atoms with E-state index in [2.05, 4.69) is 10.6 Å². The van der Waals surface area contributed by atoms with Crippen molar-refractivity contribution in [2.75, 3.05) is 33.0 Å². The normalized spacial score (nSPS) is 27.1. The van der Waals surface area contributed by atoms with Crippen molar-refractivity contribution in [1.82, 2.24) is 10.2 Å². The van der Waals surface area contributed by atoms with Crippen molar-refractivity contribution < 1.29 is 39.6 Å². The summed E-state index contributed by atoms with van der Waals surface area (Å²) in [6.45, 7) is -0.0888. The van der Waals surface area contributed by atoms with Crippen LogP contribution in [0.1, 0.15) is 17.5 Å². The van der Waals surface area contributed by atoms with Gasteiger partial charge in [-0.3, -0.25) is 24.1 Å². The number of phenolic OH excluding ortho intramolecular Hbond substituents is 1. The van der Waals surface area contributed by atoms with Crippen molar-refractivity contribution in [3.8, 4) is 5.75 Å². The van der Waals surface area contributed by atoms with Gasteiger partial charge in [-0.25, -0.2) is 0 Å². The number of halogens is 1. The second-order valence-corrected chi connectivity index (χ2v) is 10.1. The quantitative estimate of drug-likeness (QED) is 0.195. The first-order valence-corrected chi connectivity index (χ1v) is 11.8. The highest BCUT2D eigenvalue weighted by atomic mass is 35.5. The molecule has 3 aliphatic rings. The van der Waals surface area contributed by atoms with Gasteiger partial charge in [0.2, 0.25) is 11.7 Å². The number of nitrogens with zero attached hydrogens (tertiary/aromatic N) is 1. The number of aliphatic hydroxyl groups is 3. The number of aliphatic hydroxyl groups excluding tert-OH is 2. The Hall–Kier alpha value is -3.45. The van der Waals surface area contributed by atoms with Crippen LogP contribution < -0.4 is 16.4 Å². The zero-order valence-corrected chi connectivity index (χ0v) is 21.0. The van der Waals surface area contributed by atoms with Crippen molar-refractivity contribution in [3.63, 3.8) is 0 Å². The molecule has 0 aromatic heterocycles. The van der Waals surface area contributed by atoms with Crippen LogP contribution in [0.25, 0.3) is 5.76 Å². The predicted molar refractivity (Wildman–Crippen MR) is 132 cm³/mol. The van der Waals surface area contributed by atoms with Gasteiger partial charge in [0.1, 0.15) is 22.8 Å². The summed E-state index contributed by atoms with van der Waals surface area (Å²) in [6.07, 6.45) is 0.0529. The minimum Gasteiger partial charge on any atom is -0.508 e. The molecule has 3 aliphatic carbocycles. The zero-order valence-electron chi connectivity index (χ0n) is 20.3. The Morgan fingerprint density at radius 3 is 2.46 bits per heavy atom. The number of hydrogen-bond acceptors (Lipinski definition) is 10. The van der Waals surface area contributed by atoms with E-state index in [4.69, 9.17) is 17.3 Å². The molecule has 1 fully saturated rings. The van der Waals surface area contributed by atoms with Gasteiger partial charge in [0, 0.05) is 11.5 Å². The molecule has 0 bridgehead atoms. The van der Waals surface area contributed by atoms with E-state index < -0.39 is 69.7 Å². The molecule has 1 aromatic rings. The average Bonchev–Trinajstić information content (AvgIpc) is 2.78. The number of hydrogen-bond donors (Lipinski definition) is 7. The first kappa shape index (κ1) is 26.6. The number of benzene rings is 1. The topological polar surface area (TPSA) is 203 Å². The Bertz CT molecular complexity index is 1320. The lowest BCUT2D eigenvalue weighted by molar-refractivity contribution is -0.153. The summed E-state index contributed by atoms with van der Waals surface area (Å²) in [5.41, 5.74) is 1.43. The lowest BCUT2D eigenvalue weighted by atomic mass is 9.57. The molecule has 3 unspecified atom stereocenters. The molecule has 1 saturated carbocycles. The number of ketones is 2. The number of Topliss-reactive ketones (excluding diaryl/α,β-unsaturated/α-hetero) is 2. The minimum atomic E-state index is -2.73. The number of carbonyl (C=O) groups excluding carboxylic acids is 4. The highest BCUT2D eigenvalue weighted by molar-refractivity contribution is 6.34. The van der Waals surface area contributed by atoms with Crippen molar-refractivity contribution in [2.45, 2.75) is 24.5 Å². The molecule has 198 valence electrons. The largest absolute Gasteiger partial charge is 0.508 e. The van der Waals surface area contributed by atoms with E-state index in [9.17, 15) is 39.6 Å². The molecular weight excluding hydrogens is 508 g/mol. The van der Waals surface area contributed by atoms with Crippen molar-refractivity contribution >= 4 is 46.4 Å². The Morgan fingerprint density at radius 2 is 1.89 bits per heavy atom. The third kappa shape index (κ3) is 3.79. The third-order valence-electron chi connectivity index (χ3n) is 7.27. The van der Waals surface area contributed by atoms with Crippen LogP contribution in [-0.2, 0) is 25.6 Å². The Morgan fingerprint density at radius 1 is 1.24 bits per heavy atom. The van der Waals surface area contributed by atoms with E-state index in [1.807, 2.05) is 0 Å². The molecule has 37 heavy (non-hydrogen) atoms. The number of fused-ring (bicyclic) bond motifs is 3. The predicted octanol–water partition coefficient (Wildman–Crippen LogP) is -0.225. The van der Waals surface area contributed by atoms with Crippen LogP contribution in [0.15, 0.2) is 23.0 Å². The third-order valence-corrected chi connectivity index (χ3v) is 7.56.